The summed E-state index contributed by atoms with van der Waals surface area (Å²) in [6.07, 6.45) is 5.59. The summed E-state index contributed by atoms with van der Waals surface area (Å²) < 4.78 is 0. The summed E-state index contributed by atoms with van der Waals surface area (Å²) in [4.78, 5) is 24.9. The van der Waals surface area contributed by atoms with Crippen molar-refractivity contribution in [2.24, 2.45) is 0 Å². The van der Waals surface area contributed by atoms with Crippen LogP contribution in [0.15, 0.2) is 28.8 Å². The van der Waals surface area contributed by atoms with Gasteiger partial charge in [0.1, 0.15) is 5.01 Å². The molecule has 5 nitrogen and oxygen atoms in total. The molecule has 1 atom stereocenters. The third-order valence-electron chi connectivity index (χ3n) is 3.47. The summed E-state index contributed by atoms with van der Waals surface area (Å²) in [6, 6.07) is 1.62. The Morgan fingerprint density at radius 3 is 3.21 bits per heavy atom. The first-order chi connectivity index (χ1) is 9.31. The van der Waals surface area contributed by atoms with Crippen LogP contribution in [0.1, 0.15) is 29.5 Å². The third-order valence-corrected chi connectivity index (χ3v) is 4.23. The average molecular weight is 276 g/mol. The van der Waals surface area contributed by atoms with Gasteiger partial charge in [-0.3, -0.25) is 9.69 Å². The SMILES string of the molecule is O=c1cc(C2CCCN(Cc3nccs3)C2)nc[nH]1. The minimum absolute atomic E-state index is 0.0675. The highest BCUT2D eigenvalue weighted by Gasteiger charge is 2.23. The molecule has 19 heavy (non-hydrogen) atoms. The molecule has 3 rings (SSSR count). The number of aromatic nitrogens is 3. The van der Waals surface area contributed by atoms with Gasteiger partial charge in [-0.1, -0.05) is 0 Å². The third kappa shape index (κ3) is 3.08. The molecule has 0 saturated carbocycles. The molecule has 1 N–H and O–H groups in total. The van der Waals surface area contributed by atoms with Gasteiger partial charge in [-0.15, -0.1) is 11.3 Å². The van der Waals surface area contributed by atoms with Crippen LogP contribution in [-0.2, 0) is 6.54 Å². The van der Waals surface area contributed by atoms with Crippen LogP contribution < -0.4 is 5.56 Å². The predicted octanol–water partition coefficient (Wildman–Crippen LogP) is 1.61. The highest BCUT2D eigenvalue weighted by atomic mass is 32.1. The smallest absolute Gasteiger partial charge is 0.250 e. The molecular weight excluding hydrogens is 260 g/mol. The van der Waals surface area contributed by atoms with E-state index in [1.54, 1.807) is 17.4 Å². The van der Waals surface area contributed by atoms with Crippen LogP contribution in [-0.4, -0.2) is 32.9 Å². The van der Waals surface area contributed by atoms with Gasteiger partial charge in [-0.2, -0.15) is 0 Å². The Morgan fingerprint density at radius 2 is 2.42 bits per heavy atom. The Balaban J connectivity index is 1.69. The lowest BCUT2D eigenvalue weighted by molar-refractivity contribution is 0.198. The fourth-order valence-corrected chi connectivity index (χ4v) is 3.23. The minimum Gasteiger partial charge on any atom is -0.313 e. The largest absolute Gasteiger partial charge is 0.313 e. The number of nitrogens with one attached hydrogen (secondary N) is 1. The number of rotatable bonds is 3. The Bertz CT molecular complexity index is 580. The number of likely N-dealkylation sites (tertiary alicyclic amines) is 1. The van der Waals surface area contributed by atoms with Crippen molar-refractivity contribution in [3.05, 3.63) is 45.0 Å². The summed E-state index contributed by atoms with van der Waals surface area (Å²) >= 11 is 1.69. The van der Waals surface area contributed by atoms with Crippen molar-refractivity contribution in [1.29, 1.82) is 0 Å². The van der Waals surface area contributed by atoms with E-state index in [9.17, 15) is 4.79 Å². The van der Waals surface area contributed by atoms with E-state index in [2.05, 4.69) is 19.9 Å². The van der Waals surface area contributed by atoms with Gasteiger partial charge in [0.25, 0.3) is 5.56 Å². The molecule has 0 amide bonds. The van der Waals surface area contributed by atoms with Crippen LogP contribution in [0, 0.1) is 0 Å². The lowest BCUT2D eigenvalue weighted by Gasteiger charge is -2.31. The number of hydrogen-bond donors (Lipinski definition) is 1. The second kappa shape index (κ2) is 5.63. The number of H-pyrrole nitrogens is 1. The number of thiazole rings is 1. The molecule has 3 heterocycles. The van der Waals surface area contributed by atoms with Crippen LogP contribution in [0.3, 0.4) is 0 Å². The van der Waals surface area contributed by atoms with E-state index in [0.717, 1.165) is 43.2 Å². The Labute approximate surface area is 115 Å². The molecule has 0 bridgehead atoms. The Morgan fingerprint density at radius 1 is 1.47 bits per heavy atom. The quantitative estimate of drug-likeness (QED) is 0.925. The molecule has 1 saturated heterocycles. The number of piperidine rings is 1. The van der Waals surface area contributed by atoms with Crippen molar-refractivity contribution >= 4 is 11.3 Å². The van der Waals surface area contributed by atoms with E-state index < -0.39 is 0 Å². The topological polar surface area (TPSA) is 61.9 Å². The molecule has 1 aliphatic rings. The van der Waals surface area contributed by atoms with Gasteiger partial charge in [0.15, 0.2) is 0 Å². The average Bonchev–Trinajstić information content (AvgIpc) is 2.92. The molecule has 1 aliphatic heterocycles. The van der Waals surface area contributed by atoms with Crippen molar-refractivity contribution < 1.29 is 0 Å². The molecule has 100 valence electrons. The fourth-order valence-electron chi connectivity index (χ4n) is 2.57. The normalized spacial score (nSPS) is 20.5. The fraction of sp³-hybridized carbons (Fsp3) is 0.462. The number of aromatic amines is 1. The van der Waals surface area contributed by atoms with Crippen LogP contribution in [0.5, 0.6) is 0 Å². The van der Waals surface area contributed by atoms with E-state index in [-0.39, 0.29) is 5.56 Å². The highest BCUT2D eigenvalue weighted by Crippen LogP contribution is 2.25. The first-order valence-electron chi connectivity index (χ1n) is 6.46. The summed E-state index contributed by atoms with van der Waals surface area (Å²) in [7, 11) is 0. The van der Waals surface area contributed by atoms with Crippen LogP contribution in [0.4, 0.5) is 0 Å². The number of nitrogens with zero attached hydrogens (tertiary/aromatic N) is 3. The zero-order valence-electron chi connectivity index (χ0n) is 10.6. The maximum Gasteiger partial charge on any atom is 0.250 e. The first-order valence-corrected chi connectivity index (χ1v) is 7.34. The summed E-state index contributed by atoms with van der Waals surface area (Å²) in [6.45, 7) is 2.95. The zero-order chi connectivity index (χ0) is 13.1. The lowest BCUT2D eigenvalue weighted by Crippen LogP contribution is -2.34. The van der Waals surface area contributed by atoms with Crippen LogP contribution >= 0.6 is 11.3 Å². The summed E-state index contributed by atoms with van der Waals surface area (Å²) in [5.74, 6) is 0.357. The first kappa shape index (κ1) is 12.5. The molecular formula is C13H16N4OS. The maximum absolute atomic E-state index is 11.4. The molecule has 1 fully saturated rings. The highest BCUT2D eigenvalue weighted by molar-refractivity contribution is 7.09. The van der Waals surface area contributed by atoms with Gasteiger partial charge >= 0.3 is 0 Å². The van der Waals surface area contributed by atoms with Gasteiger partial charge < -0.3 is 4.98 Å². The van der Waals surface area contributed by atoms with Crippen molar-refractivity contribution in [2.75, 3.05) is 13.1 Å². The summed E-state index contributed by atoms with van der Waals surface area (Å²) in [5.41, 5.74) is 0.842. The number of hydrogen-bond acceptors (Lipinski definition) is 5. The predicted molar refractivity (Wildman–Crippen MR) is 74.2 cm³/mol. The van der Waals surface area contributed by atoms with Crippen molar-refractivity contribution in [1.82, 2.24) is 19.9 Å². The second-order valence-corrected chi connectivity index (χ2v) is 5.82. The maximum atomic E-state index is 11.4. The second-order valence-electron chi connectivity index (χ2n) is 4.84. The molecule has 0 spiro atoms. The van der Waals surface area contributed by atoms with E-state index in [4.69, 9.17) is 0 Å². The molecule has 2 aromatic rings. The van der Waals surface area contributed by atoms with Gasteiger partial charge in [-0.05, 0) is 19.4 Å². The van der Waals surface area contributed by atoms with Gasteiger partial charge in [0, 0.05) is 30.1 Å². The van der Waals surface area contributed by atoms with E-state index in [0.29, 0.717) is 5.92 Å². The van der Waals surface area contributed by atoms with E-state index in [1.165, 1.54) is 6.33 Å². The van der Waals surface area contributed by atoms with Gasteiger partial charge in [-0.25, -0.2) is 9.97 Å². The standard InChI is InChI=1S/C13H16N4OS/c18-12-6-11(15-9-16-12)10-2-1-4-17(7-10)8-13-14-3-5-19-13/h3,5-6,9-10H,1-2,4,7-8H2,(H,15,16,18). The summed E-state index contributed by atoms with van der Waals surface area (Å²) in [5, 5.41) is 3.16. The van der Waals surface area contributed by atoms with Crippen LogP contribution in [0.2, 0.25) is 0 Å². The minimum atomic E-state index is -0.0675. The molecule has 0 aliphatic carbocycles. The zero-order valence-corrected chi connectivity index (χ0v) is 11.4. The van der Waals surface area contributed by atoms with Crippen LogP contribution in [0.25, 0.3) is 0 Å². The van der Waals surface area contributed by atoms with Gasteiger partial charge in [0.05, 0.1) is 18.6 Å². The Kier molecular flexibility index (Phi) is 3.70. The van der Waals surface area contributed by atoms with Crippen molar-refractivity contribution in [3.8, 4) is 0 Å². The van der Waals surface area contributed by atoms with Crippen molar-refractivity contribution in [2.45, 2.75) is 25.3 Å². The van der Waals surface area contributed by atoms with Gasteiger partial charge in [0.2, 0.25) is 0 Å². The molecule has 2 aromatic heterocycles. The van der Waals surface area contributed by atoms with E-state index in [1.807, 2.05) is 11.6 Å². The monoisotopic (exact) mass is 276 g/mol. The molecule has 0 radical (unpaired) electrons. The lowest BCUT2D eigenvalue weighted by atomic mass is 9.94. The van der Waals surface area contributed by atoms with E-state index >= 15 is 0 Å². The van der Waals surface area contributed by atoms with Crippen molar-refractivity contribution in [3.63, 3.8) is 0 Å². The molecule has 1 unspecified atom stereocenters. The molecule has 6 heteroatoms. The molecule has 0 aromatic carbocycles. The Hall–Kier alpha value is -1.53.